The molecule has 0 aliphatic rings. The lowest BCUT2D eigenvalue weighted by Gasteiger charge is -2.08. The fourth-order valence-electron chi connectivity index (χ4n) is 1.53. The summed E-state index contributed by atoms with van der Waals surface area (Å²) >= 11 is 0. The molecule has 0 radical (unpaired) electrons. The van der Waals surface area contributed by atoms with Crippen molar-refractivity contribution in [2.24, 2.45) is 0 Å². The largest absolute Gasteiger partial charge is 0.478 e. The third-order valence-electron chi connectivity index (χ3n) is 2.42. The standard InChI is InChI=1S/C11H13N5O2/c12-10-7-8(1-2-9(10)11(17)18)13-3-5-16-6-4-14-15-16/h1-2,4,6-7,13H,3,5,12H2,(H,17,18). The number of aromatic carboxylic acids is 1. The Morgan fingerprint density at radius 1 is 1.50 bits per heavy atom. The number of benzene rings is 1. The second-order valence-corrected chi connectivity index (χ2v) is 3.70. The smallest absolute Gasteiger partial charge is 0.337 e. The van der Waals surface area contributed by atoms with E-state index < -0.39 is 5.97 Å². The predicted molar refractivity (Wildman–Crippen MR) is 66.3 cm³/mol. The van der Waals surface area contributed by atoms with Gasteiger partial charge in [-0.1, -0.05) is 5.21 Å². The number of hydrogen-bond donors (Lipinski definition) is 3. The molecule has 0 saturated carbocycles. The highest BCUT2D eigenvalue weighted by molar-refractivity contribution is 5.94. The van der Waals surface area contributed by atoms with Gasteiger partial charge in [0.15, 0.2) is 0 Å². The van der Waals surface area contributed by atoms with E-state index in [1.54, 1.807) is 29.2 Å². The number of carboxylic acid groups (broad SMARTS) is 1. The van der Waals surface area contributed by atoms with E-state index in [-0.39, 0.29) is 11.3 Å². The third kappa shape index (κ3) is 2.76. The number of rotatable bonds is 5. The van der Waals surface area contributed by atoms with E-state index in [0.29, 0.717) is 13.1 Å². The van der Waals surface area contributed by atoms with Crippen molar-refractivity contribution in [3.8, 4) is 0 Å². The molecular formula is C11H13N5O2. The first-order chi connectivity index (χ1) is 8.66. The molecule has 1 aromatic heterocycles. The van der Waals surface area contributed by atoms with E-state index in [9.17, 15) is 4.79 Å². The van der Waals surface area contributed by atoms with E-state index in [1.807, 2.05) is 0 Å². The van der Waals surface area contributed by atoms with Gasteiger partial charge in [0.25, 0.3) is 0 Å². The van der Waals surface area contributed by atoms with E-state index in [1.165, 1.54) is 6.07 Å². The van der Waals surface area contributed by atoms with Gasteiger partial charge >= 0.3 is 5.97 Å². The maximum Gasteiger partial charge on any atom is 0.337 e. The third-order valence-corrected chi connectivity index (χ3v) is 2.42. The Bertz CT molecular complexity index is 538. The second kappa shape index (κ2) is 5.17. The van der Waals surface area contributed by atoms with Crippen LogP contribution < -0.4 is 11.1 Å². The lowest BCUT2D eigenvalue weighted by Crippen LogP contribution is -2.11. The van der Waals surface area contributed by atoms with E-state index in [4.69, 9.17) is 10.8 Å². The molecule has 1 aromatic carbocycles. The van der Waals surface area contributed by atoms with Crippen molar-refractivity contribution in [1.82, 2.24) is 15.0 Å². The zero-order chi connectivity index (χ0) is 13.0. The van der Waals surface area contributed by atoms with Crippen molar-refractivity contribution >= 4 is 17.3 Å². The molecule has 0 unspecified atom stereocenters. The number of nitrogens with zero attached hydrogens (tertiary/aromatic N) is 3. The summed E-state index contributed by atoms with van der Waals surface area (Å²) in [5.41, 5.74) is 6.77. The van der Waals surface area contributed by atoms with Gasteiger partial charge in [-0.05, 0) is 18.2 Å². The zero-order valence-electron chi connectivity index (χ0n) is 9.58. The Hall–Kier alpha value is -2.57. The molecule has 2 aromatic rings. The Balaban J connectivity index is 1.94. The van der Waals surface area contributed by atoms with Gasteiger partial charge in [-0.25, -0.2) is 4.79 Å². The molecule has 7 nitrogen and oxygen atoms in total. The normalized spacial score (nSPS) is 10.2. The highest BCUT2D eigenvalue weighted by atomic mass is 16.4. The molecule has 0 amide bonds. The molecule has 0 saturated heterocycles. The number of nitrogens with two attached hydrogens (primary N) is 1. The van der Waals surface area contributed by atoms with Crippen LogP contribution in [0.2, 0.25) is 0 Å². The molecule has 2 rings (SSSR count). The van der Waals surface area contributed by atoms with Crippen molar-refractivity contribution < 1.29 is 9.90 Å². The highest BCUT2D eigenvalue weighted by Gasteiger charge is 2.07. The first-order valence-corrected chi connectivity index (χ1v) is 5.37. The minimum Gasteiger partial charge on any atom is -0.478 e. The molecule has 0 atom stereocenters. The number of aromatic nitrogens is 3. The molecule has 4 N–H and O–H groups in total. The van der Waals surface area contributed by atoms with Crippen LogP contribution >= 0.6 is 0 Å². The van der Waals surface area contributed by atoms with Crippen molar-refractivity contribution in [2.75, 3.05) is 17.6 Å². The average molecular weight is 247 g/mol. The van der Waals surface area contributed by atoms with Crippen molar-refractivity contribution in [3.05, 3.63) is 36.2 Å². The van der Waals surface area contributed by atoms with E-state index >= 15 is 0 Å². The second-order valence-electron chi connectivity index (χ2n) is 3.70. The topological polar surface area (TPSA) is 106 Å². The molecule has 0 aliphatic carbocycles. The first-order valence-electron chi connectivity index (χ1n) is 5.37. The van der Waals surface area contributed by atoms with Gasteiger partial charge in [-0.15, -0.1) is 5.10 Å². The first kappa shape index (κ1) is 11.9. The number of nitrogens with one attached hydrogen (secondary N) is 1. The molecule has 18 heavy (non-hydrogen) atoms. The molecule has 0 fully saturated rings. The Morgan fingerprint density at radius 3 is 2.94 bits per heavy atom. The lowest BCUT2D eigenvalue weighted by molar-refractivity contribution is 0.0698. The van der Waals surface area contributed by atoms with Crippen LogP contribution in [0.15, 0.2) is 30.6 Å². The molecule has 94 valence electrons. The summed E-state index contributed by atoms with van der Waals surface area (Å²) in [4.78, 5) is 10.8. The average Bonchev–Trinajstić information content (AvgIpc) is 2.81. The van der Waals surface area contributed by atoms with E-state index in [2.05, 4.69) is 15.6 Å². The number of carbonyl (C=O) groups is 1. The molecule has 0 bridgehead atoms. The maximum absolute atomic E-state index is 10.8. The quantitative estimate of drug-likeness (QED) is 0.670. The summed E-state index contributed by atoms with van der Waals surface area (Å²) < 4.78 is 1.70. The van der Waals surface area contributed by atoms with Crippen molar-refractivity contribution in [1.29, 1.82) is 0 Å². The van der Waals surface area contributed by atoms with Gasteiger partial charge in [0.05, 0.1) is 18.3 Å². The number of hydrogen-bond acceptors (Lipinski definition) is 5. The predicted octanol–water partition coefficient (Wildman–Crippen LogP) is 0.671. The summed E-state index contributed by atoms with van der Waals surface area (Å²) in [5, 5.41) is 19.5. The van der Waals surface area contributed by atoms with Gasteiger partial charge in [0.2, 0.25) is 0 Å². The Morgan fingerprint density at radius 2 is 2.33 bits per heavy atom. The number of carboxylic acids is 1. The van der Waals surface area contributed by atoms with Crippen LogP contribution in [0.1, 0.15) is 10.4 Å². The number of anilines is 2. The molecule has 0 spiro atoms. The maximum atomic E-state index is 10.8. The van der Waals surface area contributed by atoms with Crippen LogP contribution in [0.4, 0.5) is 11.4 Å². The van der Waals surface area contributed by atoms with Gasteiger partial charge in [0, 0.05) is 24.1 Å². The van der Waals surface area contributed by atoms with Gasteiger partial charge in [-0.3, -0.25) is 4.68 Å². The SMILES string of the molecule is Nc1cc(NCCn2ccnn2)ccc1C(=O)O. The lowest BCUT2D eigenvalue weighted by atomic mass is 10.1. The highest BCUT2D eigenvalue weighted by Crippen LogP contribution is 2.17. The fourth-order valence-corrected chi connectivity index (χ4v) is 1.53. The van der Waals surface area contributed by atoms with Gasteiger partial charge in [0.1, 0.15) is 0 Å². The summed E-state index contributed by atoms with van der Waals surface area (Å²) in [6.45, 7) is 1.32. The van der Waals surface area contributed by atoms with Gasteiger partial charge < -0.3 is 16.2 Å². The van der Waals surface area contributed by atoms with E-state index in [0.717, 1.165) is 5.69 Å². The van der Waals surface area contributed by atoms with Crippen LogP contribution in [0, 0.1) is 0 Å². The fraction of sp³-hybridized carbons (Fsp3) is 0.182. The summed E-state index contributed by atoms with van der Waals surface area (Å²) in [7, 11) is 0. The summed E-state index contributed by atoms with van der Waals surface area (Å²) in [6.07, 6.45) is 3.38. The van der Waals surface area contributed by atoms with Crippen LogP contribution in [-0.4, -0.2) is 32.6 Å². The monoisotopic (exact) mass is 247 g/mol. The van der Waals surface area contributed by atoms with Crippen LogP contribution in [0.5, 0.6) is 0 Å². The number of nitrogen functional groups attached to an aromatic ring is 1. The summed E-state index contributed by atoms with van der Waals surface area (Å²) in [6, 6.07) is 4.77. The van der Waals surface area contributed by atoms with Crippen LogP contribution in [0.25, 0.3) is 0 Å². The minimum absolute atomic E-state index is 0.108. The molecule has 1 heterocycles. The zero-order valence-corrected chi connectivity index (χ0v) is 9.58. The summed E-state index contributed by atoms with van der Waals surface area (Å²) in [5.74, 6) is -1.03. The van der Waals surface area contributed by atoms with Crippen LogP contribution in [-0.2, 0) is 6.54 Å². The molecular weight excluding hydrogens is 234 g/mol. The Labute approximate surface area is 103 Å². The molecule has 0 aliphatic heterocycles. The van der Waals surface area contributed by atoms with Gasteiger partial charge in [-0.2, -0.15) is 0 Å². The van der Waals surface area contributed by atoms with Crippen molar-refractivity contribution in [2.45, 2.75) is 6.54 Å². The molecule has 7 heteroatoms. The van der Waals surface area contributed by atoms with Crippen molar-refractivity contribution in [3.63, 3.8) is 0 Å². The minimum atomic E-state index is -1.03. The Kier molecular flexibility index (Phi) is 3.42. The van der Waals surface area contributed by atoms with Crippen LogP contribution in [0.3, 0.4) is 0 Å².